The Kier molecular flexibility index (Phi) is 4.14. The highest BCUT2D eigenvalue weighted by molar-refractivity contribution is 5.73. The van der Waals surface area contributed by atoms with Crippen molar-refractivity contribution < 1.29 is 0 Å². The molecule has 0 fully saturated rings. The molecule has 0 saturated carbocycles. The van der Waals surface area contributed by atoms with E-state index in [1.807, 2.05) is 12.1 Å². The highest BCUT2D eigenvalue weighted by Gasteiger charge is 1.97. The zero-order valence-corrected chi connectivity index (χ0v) is 10.8. The van der Waals surface area contributed by atoms with Crippen LogP contribution in [-0.2, 0) is 6.42 Å². The van der Waals surface area contributed by atoms with Crippen LogP contribution in [0.4, 0.5) is 0 Å². The molecule has 0 unspecified atom stereocenters. The molecule has 2 rings (SSSR count). The third-order valence-electron chi connectivity index (χ3n) is 3.01. The van der Waals surface area contributed by atoms with Gasteiger partial charge in [-0.2, -0.15) is 0 Å². The van der Waals surface area contributed by atoms with E-state index in [2.05, 4.69) is 68.1 Å². The summed E-state index contributed by atoms with van der Waals surface area (Å²) in [7, 11) is 0. The number of rotatable bonds is 4. The summed E-state index contributed by atoms with van der Waals surface area (Å²) in [6.07, 6.45) is 5.09. The van der Waals surface area contributed by atoms with Gasteiger partial charge in [-0.3, -0.25) is 0 Å². The average Bonchev–Trinajstić information content (AvgIpc) is 2.42. The second-order valence-corrected chi connectivity index (χ2v) is 4.42. The zero-order valence-electron chi connectivity index (χ0n) is 10.8. The molecule has 0 saturated heterocycles. The molecule has 0 nitrogen and oxygen atoms in total. The number of aryl methyl sites for hydroxylation is 1. The van der Waals surface area contributed by atoms with Gasteiger partial charge < -0.3 is 0 Å². The Morgan fingerprint density at radius 2 is 1.67 bits per heavy atom. The van der Waals surface area contributed by atoms with Crippen molar-refractivity contribution in [3.8, 4) is 0 Å². The maximum absolute atomic E-state index is 3.90. The third-order valence-corrected chi connectivity index (χ3v) is 3.01. The van der Waals surface area contributed by atoms with Gasteiger partial charge in [-0.1, -0.05) is 78.9 Å². The van der Waals surface area contributed by atoms with Gasteiger partial charge in [0.25, 0.3) is 0 Å². The molecule has 0 bridgehead atoms. The van der Waals surface area contributed by atoms with E-state index in [4.69, 9.17) is 0 Å². The molecule has 90 valence electrons. The van der Waals surface area contributed by atoms with Gasteiger partial charge in [0.15, 0.2) is 0 Å². The van der Waals surface area contributed by atoms with E-state index >= 15 is 0 Å². The lowest BCUT2D eigenvalue weighted by atomic mass is 10.0. The van der Waals surface area contributed by atoms with Gasteiger partial charge in [0.2, 0.25) is 0 Å². The van der Waals surface area contributed by atoms with Gasteiger partial charge in [-0.25, -0.2) is 0 Å². The van der Waals surface area contributed by atoms with E-state index in [0.29, 0.717) is 0 Å². The second-order valence-electron chi connectivity index (χ2n) is 4.42. The van der Waals surface area contributed by atoms with Crippen LogP contribution in [0.3, 0.4) is 0 Å². The Morgan fingerprint density at radius 3 is 2.28 bits per heavy atom. The molecule has 2 aromatic rings. The van der Waals surface area contributed by atoms with Crippen LogP contribution in [0.25, 0.3) is 5.57 Å². The van der Waals surface area contributed by atoms with E-state index in [1.165, 1.54) is 22.3 Å². The molecule has 2 aromatic carbocycles. The van der Waals surface area contributed by atoms with Crippen LogP contribution >= 0.6 is 0 Å². The van der Waals surface area contributed by atoms with Crippen molar-refractivity contribution >= 4 is 5.57 Å². The molecule has 0 atom stereocenters. The Hall–Kier alpha value is -2.08. The van der Waals surface area contributed by atoms with Crippen molar-refractivity contribution in [2.45, 2.75) is 13.3 Å². The Bertz CT molecular complexity index is 530. The normalized spacial score (nSPS) is 11.3. The minimum absolute atomic E-state index is 0.941. The van der Waals surface area contributed by atoms with E-state index in [1.54, 1.807) is 0 Å². The van der Waals surface area contributed by atoms with Crippen LogP contribution in [0.1, 0.15) is 16.7 Å². The topological polar surface area (TPSA) is 0 Å². The van der Waals surface area contributed by atoms with E-state index in [-0.39, 0.29) is 0 Å². The average molecular weight is 234 g/mol. The first-order valence-electron chi connectivity index (χ1n) is 6.23. The summed E-state index contributed by atoms with van der Waals surface area (Å²) in [6.45, 7) is 6.01. The summed E-state index contributed by atoms with van der Waals surface area (Å²) in [5.74, 6) is 0. The summed E-state index contributed by atoms with van der Waals surface area (Å²) in [5, 5.41) is 0. The van der Waals surface area contributed by atoms with E-state index < -0.39 is 0 Å². The zero-order chi connectivity index (χ0) is 12.8. The lowest BCUT2D eigenvalue weighted by Gasteiger charge is -2.04. The molecule has 0 aliphatic rings. The van der Waals surface area contributed by atoms with Crippen molar-refractivity contribution in [1.29, 1.82) is 0 Å². The Balaban J connectivity index is 2.18. The van der Waals surface area contributed by atoms with Crippen molar-refractivity contribution in [3.63, 3.8) is 0 Å². The molecule has 0 aliphatic heterocycles. The molecule has 0 amide bonds. The van der Waals surface area contributed by atoms with Gasteiger partial charge in [-0.05, 0) is 30.0 Å². The van der Waals surface area contributed by atoms with Gasteiger partial charge in [0.1, 0.15) is 0 Å². The summed E-state index contributed by atoms with van der Waals surface area (Å²) in [5.41, 5.74) is 5.03. The predicted octanol–water partition coefficient (Wildman–Crippen LogP) is 4.81. The summed E-state index contributed by atoms with van der Waals surface area (Å²) in [4.78, 5) is 0. The first-order chi connectivity index (χ1) is 8.79. The van der Waals surface area contributed by atoms with Gasteiger partial charge in [-0.15, -0.1) is 0 Å². The first kappa shape index (κ1) is 12.4. The highest BCUT2D eigenvalue weighted by Crippen LogP contribution is 2.17. The minimum Gasteiger partial charge on any atom is -0.0985 e. The minimum atomic E-state index is 0.941. The third kappa shape index (κ3) is 3.21. The number of allylic oxidation sites excluding steroid dienone is 3. The summed E-state index contributed by atoms with van der Waals surface area (Å²) >= 11 is 0. The highest BCUT2D eigenvalue weighted by atomic mass is 14.0. The summed E-state index contributed by atoms with van der Waals surface area (Å²) < 4.78 is 0. The lowest BCUT2D eigenvalue weighted by molar-refractivity contribution is 1.27. The molecular weight excluding hydrogens is 216 g/mol. The fraction of sp³-hybridized carbons (Fsp3) is 0.111. The molecular formula is C18H18. The Morgan fingerprint density at radius 1 is 1.00 bits per heavy atom. The second kappa shape index (κ2) is 6.02. The molecule has 0 N–H and O–H groups in total. The Labute approximate surface area is 109 Å². The van der Waals surface area contributed by atoms with Crippen LogP contribution in [0.15, 0.2) is 73.3 Å². The van der Waals surface area contributed by atoms with E-state index in [9.17, 15) is 0 Å². The fourth-order valence-corrected chi connectivity index (χ4v) is 1.91. The van der Waals surface area contributed by atoms with Crippen LogP contribution in [-0.4, -0.2) is 0 Å². The van der Waals surface area contributed by atoms with Crippen LogP contribution < -0.4 is 0 Å². The van der Waals surface area contributed by atoms with Gasteiger partial charge in [0, 0.05) is 0 Å². The molecule has 0 heterocycles. The fourth-order valence-electron chi connectivity index (χ4n) is 1.91. The van der Waals surface area contributed by atoms with Crippen LogP contribution in [0.5, 0.6) is 0 Å². The van der Waals surface area contributed by atoms with Gasteiger partial charge in [0.05, 0.1) is 0 Å². The van der Waals surface area contributed by atoms with Crippen LogP contribution in [0.2, 0.25) is 0 Å². The lowest BCUT2D eigenvalue weighted by Crippen LogP contribution is -1.85. The molecule has 0 radical (unpaired) electrons. The number of hydrogen-bond acceptors (Lipinski definition) is 0. The van der Waals surface area contributed by atoms with Crippen molar-refractivity contribution in [2.75, 3.05) is 0 Å². The predicted molar refractivity (Wildman–Crippen MR) is 79.5 cm³/mol. The molecule has 0 heteroatoms. The van der Waals surface area contributed by atoms with E-state index in [0.717, 1.165) is 6.42 Å². The first-order valence-corrected chi connectivity index (χ1v) is 6.23. The molecule has 0 aromatic heterocycles. The SMILES string of the molecule is C=C/C(=C\Cc1ccccc1)c1ccc(C)cc1. The molecule has 0 aliphatic carbocycles. The van der Waals surface area contributed by atoms with Crippen LogP contribution in [0, 0.1) is 6.92 Å². The standard InChI is InChI=1S/C18H18/c1-3-17(18-12-9-15(2)10-13-18)14-11-16-7-5-4-6-8-16/h3-10,12-14H,1,11H2,2H3/b17-14+. The smallest absolute Gasteiger partial charge is 0.00882 e. The molecule has 18 heavy (non-hydrogen) atoms. The van der Waals surface area contributed by atoms with Crippen molar-refractivity contribution in [2.24, 2.45) is 0 Å². The number of hydrogen-bond donors (Lipinski definition) is 0. The summed E-state index contributed by atoms with van der Waals surface area (Å²) in [6, 6.07) is 19.0. The maximum Gasteiger partial charge on any atom is -0.00882 e. The van der Waals surface area contributed by atoms with Gasteiger partial charge >= 0.3 is 0 Å². The maximum atomic E-state index is 3.90. The molecule has 0 spiro atoms. The quantitative estimate of drug-likeness (QED) is 0.666. The monoisotopic (exact) mass is 234 g/mol. The number of benzene rings is 2. The largest absolute Gasteiger partial charge is 0.0985 e. The van der Waals surface area contributed by atoms with Crippen molar-refractivity contribution in [1.82, 2.24) is 0 Å². The van der Waals surface area contributed by atoms with Crippen molar-refractivity contribution in [3.05, 3.63) is 90.0 Å².